The summed E-state index contributed by atoms with van der Waals surface area (Å²) in [5.41, 5.74) is 0.289. The van der Waals surface area contributed by atoms with Crippen molar-refractivity contribution in [2.24, 2.45) is 11.3 Å². The van der Waals surface area contributed by atoms with E-state index in [1.165, 1.54) is 0 Å². The molecule has 1 amide bonds. The fraction of sp³-hybridized carbons (Fsp3) is 0.429. The van der Waals surface area contributed by atoms with Crippen molar-refractivity contribution >= 4 is 33.5 Å². The van der Waals surface area contributed by atoms with E-state index in [-0.39, 0.29) is 11.4 Å². The third-order valence-electron chi connectivity index (χ3n) is 2.84. The van der Waals surface area contributed by atoms with Crippen LogP contribution in [0.4, 0.5) is 5.69 Å². The second-order valence-electron chi connectivity index (χ2n) is 5.77. The molecule has 0 aliphatic carbocycles. The fourth-order valence-electron chi connectivity index (χ4n) is 1.91. The number of aliphatic carboxylic acids is 1. The maximum absolute atomic E-state index is 12.2. The van der Waals surface area contributed by atoms with Gasteiger partial charge in [-0.2, -0.15) is 0 Å². The lowest BCUT2D eigenvalue weighted by atomic mass is 9.80. The quantitative estimate of drug-likeness (QED) is 0.581. The molecule has 0 saturated heterocycles. The van der Waals surface area contributed by atoms with Crippen LogP contribution >= 0.6 is 15.9 Å². The Hall–Kier alpha value is -1.56. The Balaban J connectivity index is 3.10. The average Bonchev–Trinajstić information content (AvgIpc) is 2.22. The van der Waals surface area contributed by atoms with E-state index >= 15 is 0 Å². The summed E-state index contributed by atoms with van der Waals surface area (Å²) in [6.07, 6.45) is 0. The molecule has 1 unspecified atom stereocenters. The monoisotopic (exact) mass is 343 g/mol. The van der Waals surface area contributed by atoms with E-state index < -0.39 is 23.2 Å². The summed E-state index contributed by atoms with van der Waals surface area (Å²) < 4.78 is 0.440. The first-order valence-corrected chi connectivity index (χ1v) is 6.86. The van der Waals surface area contributed by atoms with Gasteiger partial charge in [0.25, 0.3) is 0 Å². The Morgan fingerprint density at radius 3 is 2.30 bits per heavy atom. The first-order chi connectivity index (χ1) is 9.04. The number of benzene rings is 1. The highest BCUT2D eigenvalue weighted by Crippen LogP contribution is 2.35. The minimum absolute atomic E-state index is 0.123. The van der Waals surface area contributed by atoms with Crippen molar-refractivity contribution in [1.29, 1.82) is 0 Å². The number of anilines is 1. The van der Waals surface area contributed by atoms with E-state index in [1.54, 1.807) is 39.8 Å². The third kappa shape index (κ3) is 3.72. The van der Waals surface area contributed by atoms with Crippen LogP contribution in [0.1, 0.15) is 26.3 Å². The number of amides is 1. The average molecular weight is 344 g/mol. The molecule has 1 atom stereocenters. The third-order valence-corrected chi connectivity index (χ3v) is 3.45. The first-order valence-electron chi connectivity index (χ1n) is 6.07. The van der Waals surface area contributed by atoms with Crippen molar-refractivity contribution < 1.29 is 19.8 Å². The number of aromatic hydroxyl groups is 1. The molecule has 0 aliphatic heterocycles. The highest BCUT2D eigenvalue weighted by molar-refractivity contribution is 9.10. The van der Waals surface area contributed by atoms with Gasteiger partial charge in [0.2, 0.25) is 5.91 Å². The number of carbonyl (C=O) groups excluding carboxylic acids is 1. The fourth-order valence-corrected chi connectivity index (χ4v) is 2.49. The van der Waals surface area contributed by atoms with E-state index in [2.05, 4.69) is 21.2 Å². The molecule has 0 fully saturated rings. The van der Waals surface area contributed by atoms with Crippen LogP contribution < -0.4 is 5.32 Å². The van der Waals surface area contributed by atoms with Crippen molar-refractivity contribution in [3.8, 4) is 5.75 Å². The zero-order valence-corrected chi connectivity index (χ0v) is 13.4. The molecule has 20 heavy (non-hydrogen) atoms. The molecule has 1 aromatic rings. The van der Waals surface area contributed by atoms with Gasteiger partial charge in [-0.1, -0.05) is 20.8 Å². The predicted octanol–water partition coefficient (Wildman–Crippen LogP) is 3.15. The molecular weight excluding hydrogens is 326 g/mol. The molecule has 0 heterocycles. The number of nitrogens with one attached hydrogen (secondary N) is 1. The van der Waals surface area contributed by atoms with Gasteiger partial charge in [0.05, 0.1) is 10.2 Å². The minimum Gasteiger partial charge on any atom is -0.505 e. The SMILES string of the molecule is Cc1cc(Br)c(O)c(NC(=O)C(C(=O)O)C(C)(C)C)c1. The van der Waals surface area contributed by atoms with Gasteiger partial charge < -0.3 is 15.5 Å². The first kappa shape index (κ1) is 16.5. The second kappa shape index (κ2) is 5.83. The number of carbonyl (C=O) groups is 2. The van der Waals surface area contributed by atoms with Crippen molar-refractivity contribution in [2.75, 3.05) is 5.32 Å². The molecule has 5 nitrogen and oxygen atoms in total. The van der Waals surface area contributed by atoms with E-state index in [0.29, 0.717) is 4.47 Å². The summed E-state index contributed by atoms with van der Waals surface area (Å²) in [5, 5.41) is 21.6. The molecule has 0 aromatic heterocycles. The van der Waals surface area contributed by atoms with Crippen LogP contribution in [0.2, 0.25) is 0 Å². The zero-order valence-electron chi connectivity index (χ0n) is 11.8. The number of carboxylic acids is 1. The highest BCUT2D eigenvalue weighted by atomic mass is 79.9. The predicted molar refractivity (Wildman–Crippen MR) is 79.8 cm³/mol. The Morgan fingerprint density at radius 1 is 1.30 bits per heavy atom. The lowest BCUT2D eigenvalue weighted by Crippen LogP contribution is -2.39. The molecule has 0 radical (unpaired) electrons. The van der Waals surface area contributed by atoms with Gasteiger partial charge in [0.1, 0.15) is 5.92 Å². The van der Waals surface area contributed by atoms with Crippen LogP contribution in [0.5, 0.6) is 5.75 Å². The van der Waals surface area contributed by atoms with Gasteiger partial charge in [0.15, 0.2) is 5.75 Å². The number of phenolic OH excluding ortho intramolecular Hbond substituents is 1. The number of aryl methyl sites for hydroxylation is 1. The van der Waals surface area contributed by atoms with E-state index in [1.807, 2.05) is 0 Å². The molecule has 0 saturated carbocycles. The summed E-state index contributed by atoms with van der Waals surface area (Å²) in [4.78, 5) is 23.4. The van der Waals surface area contributed by atoms with Crippen LogP contribution in [0, 0.1) is 18.3 Å². The van der Waals surface area contributed by atoms with Crippen molar-refractivity contribution in [2.45, 2.75) is 27.7 Å². The van der Waals surface area contributed by atoms with E-state index in [0.717, 1.165) is 5.56 Å². The second-order valence-corrected chi connectivity index (χ2v) is 6.62. The lowest BCUT2D eigenvalue weighted by molar-refractivity contribution is -0.149. The van der Waals surface area contributed by atoms with Crippen LogP contribution in [-0.2, 0) is 9.59 Å². The maximum atomic E-state index is 12.2. The van der Waals surface area contributed by atoms with Crippen LogP contribution in [0.25, 0.3) is 0 Å². The van der Waals surface area contributed by atoms with E-state index in [4.69, 9.17) is 0 Å². The Kier molecular flexibility index (Phi) is 4.81. The Morgan fingerprint density at radius 2 is 1.85 bits per heavy atom. The highest BCUT2D eigenvalue weighted by Gasteiger charge is 2.38. The number of hydrogen-bond donors (Lipinski definition) is 3. The smallest absolute Gasteiger partial charge is 0.316 e. The number of hydrogen-bond acceptors (Lipinski definition) is 3. The zero-order chi connectivity index (χ0) is 15.7. The van der Waals surface area contributed by atoms with Gasteiger partial charge in [-0.05, 0) is 46.0 Å². The minimum atomic E-state index is -1.21. The summed E-state index contributed by atoms with van der Waals surface area (Å²) in [7, 11) is 0. The summed E-state index contributed by atoms with van der Waals surface area (Å²) in [6, 6.07) is 3.28. The standard InChI is InChI=1S/C14H18BrNO4/c1-7-5-8(15)11(17)9(6-7)16-12(18)10(13(19)20)14(2,3)4/h5-6,10,17H,1-4H3,(H,16,18)(H,19,20). The van der Waals surface area contributed by atoms with Gasteiger partial charge in [-0.25, -0.2) is 0 Å². The molecule has 6 heteroatoms. The lowest BCUT2D eigenvalue weighted by Gasteiger charge is -2.26. The molecular formula is C14H18BrNO4. The van der Waals surface area contributed by atoms with Crippen LogP contribution in [0.15, 0.2) is 16.6 Å². The topological polar surface area (TPSA) is 86.6 Å². The maximum Gasteiger partial charge on any atom is 0.316 e. The normalized spacial score (nSPS) is 12.8. The molecule has 1 aromatic carbocycles. The number of phenols is 1. The Bertz CT molecular complexity index is 549. The summed E-state index contributed by atoms with van der Waals surface area (Å²) >= 11 is 3.17. The largest absolute Gasteiger partial charge is 0.505 e. The number of halogens is 1. The summed E-state index contributed by atoms with van der Waals surface area (Å²) in [5.74, 6) is -3.18. The van der Waals surface area contributed by atoms with Crippen molar-refractivity contribution in [3.05, 3.63) is 22.2 Å². The van der Waals surface area contributed by atoms with Crippen molar-refractivity contribution in [3.63, 3.8) is 0 Å². The molecule has 110 valence electrons. The summed E-state index contributed by atoms with van der Waals surface area (Å²) in [6.45, 7) is 6.84. The van der Waals surface area contributed by atoms with Gasteiger partial charge in [-0.3, -0.25) is 9.59 Å². The molecule has 0 aliphatic rings. The van der Waals surface area contributed by atoms with Gasteiger partial charge >= 0.3 is 5.97 Å². The molecule has 0 bridgehead atoms. The van der Waals surface area contributed by atoms with Crippen LogP contribution in [0.3, 0.4) is 0 Å². The Labute approximate surface area is 126 Å². The number of rotatable bonds is 3. The van der Waals surface area contributed by atoms with Crippen molar-refractivity contribution in [1.82, 2.24) is 0 Å². The number of carboxylic acid groups (broad SMARTS) is 1. The molecule has 3 N–H and O–H groups in total. The van der Waals surface area contributed by atoms with E-state index in [9.17, 15) is 19.8 Å². The van der Waals surface area contributed by atoms with Gasteiger partial charge in [0, 0.05) is 0 Å². The molecule has 0 spiro atoms. The van der Waals surface area contributed by atoms with Crippen LogP contribution in [-0.4, -0.2) is 22.1 Å². The van der Waals surface area contributed by atoms with Gasteiger partial charge in [-0.15, -0.1) is 0 Å². The molecule has 1 rings (SSSR count).